The molecular weight excluding hydrogens is 516 g/mol. The lowest BCUT2D eigenvalue weighted by atomic mass is 9.96. The molecule has 2 aromatic rings. The predicted molar refractivity (Wildman–Crippen MR) is 149 cm³/mol. The second-order valence-electron chi connectivity index (χ2n) is 11.4. The van der Waals surface area contributed by atoms with Crippen LogP contribution in [-0.2, 0) is 33.7 Å². The number of fused-ring (bicyclic) bond motifs is 1. The molecule has 2 saturated heterocycles. The fourth-order valence-electron chi connectivity index (χ4n) is 6.22. The molecule has 3 aliphatic heterocycles. The van der Waals surface area contributed by atoms with Gasteiger partial charge in [0.25, 0.3) is 0 Å². The average molecular weight is 558 g/mol. The van der Waals surface area contributed by atoms with Crippen LogP contribution in [0.15, 0.2) is 30.3 Å². The number of aryl methyl sites for hydroxylation is 2. The first-order valence-corrected chi connectivity index (χ1v) is 14.8. The van der Waals surface area contributed by atoms with E-state index in [1.54, 1.807) is 11.0 Å². The van der Waals surface area contributed by atoms with Gasteiger partial charge in [0.05, 0.1) is 12.7 Å². The summed E-state index contributed by atoms with van der Waals surface area (Å²) < 4.78 is 41.0. The SMILES string of the molecule is O=C(O)C(c1cc(F)ccc1COC1CCOCC1)N1CC[C@@H](C(F)CCCCc2ccc3c(n2)NCCC3)C1. The molecule has 5 rings (SSSR count). The number of ether oxygens (including phenoxy) is 2. The number of carbonyl (C=O) groups is 1. The van der Waals surface area contributed by atoms with Crippen molar-refractivity contribution >= 4 is 11.8 Å². The van der Waals surface area contributed by atoms with E-state index >= 15 is 4.39 Å². The molecule has 2 N–H and O–H groups in total. The molecule has 1 aromatic heterocycles. The summed E-state index contributed by atoms with van der Waals surface area (Å²) in [4.78, 5) is 19.0. The monoisotopic (exact) mass is 557 g/mol. The number of unbranched alkanes of at least 4 members (excludes halogenated alkanes) is 1. The Balaban J connectivity index is 1.14. The molecule has 3 aliphatic rings. The molecule has 3 atom stereocenters. The number of aliphatic carboxylic acids is 1. The normalized spacial score (nSPS) is 21.5. The fraction of sp³-hybridized carbons (Fsp3) is 0.613. The van der Waals surface area contributed by atoms with Crippen molar-refractivity contribution in [2.75, 3.05) is 38.2 Å². The molecule has 0 radical (unpaired) electrons. The fourth-order valence-corrected chi connectivity index (χ4v) is 6.22. The lowest BCUT2D eigenvalue weighted by Crippen LogP contribution is -2.34. The van der Waals surface area contributed by atoms with Crippen LogP contribution in [0.1, 0.15) is 73.4 Å². The number of nitrogens with zero attached hydrogens (tertiary/aromatic N) is 2. The van der Waals surface area contributed by atoms with Crippen molar-refractivity contribution in [2.45, 2.75) is 82.7 Å². The molecule has 0 bridgehead atoms. The Labute approximate surface area is 235 Å². The summed E-state index contributed by atoms with van der Waals surface area (Å²) >= 11 is 0. The van der Waals surface area contributed by atoms with Crippen molar-refractivity contribution < 1.29 is 28.2 Å². The highest BCUT2D eigenvalue weighted by atomic mass is 19.1. The lowest BCUT2D eigenvalue weighted by Gasteiger charge is -2.28. The number of hydrogen-bond donors (Lipinski definition) is 2. The molecule has 2 fully saturated rings. The molecule has 0 aliphatic carbocycles. The molecule has 0 amide bonds. The Morgan fingerprint density at radius 2 is 2.05 bits per heavy atom. The van der Waals surface area contributed by atoms with Crippen LogP contribution in [0.3, 0.4) is 0 Å². The number of aromatic nitrogens is 1. The van der Waals surface area contributed by atoms with Gasteiger partial charge in [0, 0.05) is 37.9 Å². The summed E-state index contributed by atoms with van der Waals surface area (Å²) in [6.07, 6.45) is 6.27. The Hall–Kier alpha value is -2.62. The first kappa shape index (κ1) is 28.9. The Bertz CT molecular complexity index is 1140. The van der Waals surface area contributed by atoms with Gasteiger partial charge in [-0.3, -0.25) is 9.69 Å². The largest absolute Gasteiger partial charge is 0.480 e. The topological polar surface area (TPSA) is 83.9 Å². The van der Waals surface area contributed by atoms with Gasteiger partial charge < -0.3 is 19.9 Å². The average Bonchev–Trinajstić information content (AvgIpc) is 3.45. The molecule has 40 heavy (non-hydrogen) atoms. The van der Waals surface area contributed by atoms with Crippen LogP contribution in [-0.4, -0.2) is 66.1 Å². The summed E-state index contributed by atoms with van der Waals surface area (Å²) in [6.45, 7) is 3.25. The molecule has 0 spiro atoms. The standard InChI is InChI=1S/C31H41F2N3O4/c32-24-9-7-23(20-40-26-12-16-39-17-13-26)27(18-24)29(31(37)38)36-15-11-22(19-36)28(33)6-2-1-5-25-10-8-21-4-3-14-34-30(21)35-25/h7-10,18,22,26,28-29H,1-6,11-17,19-20H2,(H,34,35)(H,37,38)/t22-,28?,29?/m1/s1. The Morgan fingerprint density at radius 1 is 1.20 bits per heavy atom. The quantitative estimate of drug-likeness (QED) is 0.335. The van der Waals surface area contributed by atoms with Crippen LogP contribution < -0.4 is 5.32 Å². The number of hydrogen-bond acceptors (Lipinski definition) is 6. The van der Waals surface area contributed by atoms with Gasteiger partial charge in [0.2, 0.25) is 0 Å². The van der Waals surface area contributed by atoms with E-state index in [9.17, 15) is 14.3 Å². The van der Waals surface area contributed by atoms with Gasteiger partial charge in [0.1, 0.15) is 23.8 Å². The van der Waals surface area contributed by atoms with E-state index in [0.717, 1.165) is 63.0 Å². The summed E-state index contributed by atoms with van der Waals surface area (Å²) in [5, 5.41) is 13.5. The molecular formula is C31H41F2N3O4. The Kier molecular flexibility index (Phi) is 9.99. The molecule has 7 nitrogen and oxygen atoms in total. The van der Waals surface area contributed by atoms with Crippen molar-refractivity contribution in [3.63, 3.8) is 0 Å². The maximum absolute atomic E-state index is 15.3. The number of nitrogens with one attached hydrogen (secondary N) is 1. The zero-order chi connectivity index (χ0) is 27.9. The Morgan fingerprint density at radius 3 is 2.88 bits per heavy atom. The number of anilines is 1. The molecule has 0 saturated carbocycles. The van der Waals surface area contributed by atoms with Crippen molar-refractivity contribution in [2.24, 2.45) is 5.92 Å². The van der Waals surface area contributed by atoms with Gasteiger partial charge in [-0.1, -0.05) is 18.6 Å². The molecule has 9 heteroatoms. The number of benzene rings is 1. The third kappa shape index (κ3) is 7.36. The van der Waals surface area contributed by atoms with Crippen molar-refractivity contribution in [3.05, 3.63) is 58.5 Å². The number of carboxylic acid groups (broad SMARTS) is 1. The zero-order valence-corrected chi connectivity index (χ0v) is 23.1. The van der Waals surface area contributed by atoms with E-state index < -0.39 is 24.0 Å². The molecule has 1 aromatic carbocycles. The maximum atomic E-state index is 15.3. The molecule has 4 heterocycles. The first-order chi connectivity index (χ1) is 19.5. The summed E-state index contributed by atoms with van der Waals surface area (Å²) in [7, 11) is 0. The van der Waals surface area contributed by atoms with E-state index in [1.807, 2.05) is 0 Å². The second-order valence-corrected chi connectivity index (χ2v) is 11.4. The molecule has 2 unspecified atom stereocenters. The number of carboxylic acids is 1. The third-order valence-corrected chi connectivity index (χ3v) is 8.53. The van der Waals surface area contributed by atoms with Gasteiger partial charge in [-0.05, 0) is 92.8 Å². The van der Waals surface area contributed by atoms with Gasteiger partial charge in [0.15, 0.2) is 0 Å². The van der Waals surface area contributed by atoms with Gasteiger partial charge in [-0.25, -0.2) is 13.8 Å². The van der Waals surface area contributed by atoms with Crippen LogP contribution >= 0.6 is 0 Å². The van der Waals surface area contributed by atoms with E-state index in [-0.39, 0.29) is 18.6 Å². The minimum atomic E-state index is -1.05. The van der Waals surface area contributed by atoms with Crippen molar-refractivity contribution in [1.29, 1.82) is 0 Å². The van der Waals surface area contributed by atoms with E-state index in [0.29, 0.717) is 50.3 Å². The number of likely N-dealkylation sites (tertiary alicyclic amines) is 1. The van der Waals surface area contributed by atoms with Crippen LogP contribution in [0.25, 0.3) is 0 Å². The number of pyridine rings is 1. The van der Waals surface area contributed by atoms with E-state index in [4.69, 9.17) is 14.5 Å². The number of halogens is 2. The predicted octanol–water partition coefficient (Wildman–Crippen LogP) is 5.47. The summed E-state index contributed by atoms with van der Waals surface area (Å²) in [5.41, 5.74) is 3.35. The number of alkyl halides is 1. The van der Waals surface area contributed by atoms with Crippen LogP contribution in [0.4, 0.5) is 14.6 Å². The molecule has 218 valence electrons. The van der Waals surface area contributed by atoms with Crippen molar-refractivity contribution in [1.82, 2.24) is 9.88 Å². The van der Waals surface area contributed by atoms with Crippen LogP contribution in [0.5, 0.6) is 0 Å². The van der Waals surface area contributed by atoms with Crippen LogP contribution in [0.2, 0.25) is 0 Å². The lowest BCUT2D eigenvalue weighted by molar-refractivity contribution is -0.143. The number of rotatable bonds is 12. The minimum absolute atomic E-state index is 0.0399. The third-order valence-electron chi connectivity index (χ3n) is 8.53. The highest BCUT2D eigenvalue weighted by Crippen LogP contribution is 2.34. The highest BCUT2D eigenvalue weighted by Gasteiger charge is 2.37. The first-order valence-electron chi connectivity index (χ1n) is 14.8. The van der Waals surface area contributed by atoms with E-state index in [1.165, 1.54) is 17.7 Å². The van der Waals surface area contributed by atoms with E-state index in [2.05, 4.69) is 17.4 Å². The highest BCUT2D eigenvalue weighted by molar-refractivity contribution is 5.76. The second kappa shape index (κ2) is 13.8. The smallest absolute Gasteiger partial charge is 0.325 e. The van der Waals surface area contributed by atoms with Gasteiger partial charge in [-0.2, -0.15) is 0 Å². The maximum Gasteiger partial charge on any atom is 0.325 e. The zero-order valence-electron chi connectivity index (χ0n) is 23.1. The van der Waals surface area contributed by atoms with Crippen LogP contribution in [0, 0.1) is 11.7 Å². The summed E-state index contributed by atoms with van der Waals surface area (Å²) in [5.74, 6) is -0.786. The minimum Gasteiger partial charge on any atom is -0.480 e. The summed E-state index contributed by atoms with van der Waals surface area (Å²) in [6, 6.07) is 7.44. The van der Waals surface area contributed by atoms with Gasteiger partial charge in [-0.15, -0.1) is 0 Å². The van der Waals surface area contributed by atoms with Gasteiger partial charge >= 0.3 is 5.97 Å². The van der Waals surface area contributed by atoms with Crippen molar-refractivity contribution in [3.8, 4) is 0 Å².